The largest absolute Gasteiger partial charge is 0.379 e. The Morgan fingerprint density at radius 1 is 1.00 bits per heavy atom. The van der Waals surface area contributed by atoms with Gasteiger partial charge >= 0.3 is 0 Å². The van der Waals surface area contributed by atoms with E-state index in [0.29, 0.717) is 18.9 Å². The highest BCUT2D eigenvalue weighted by Gasteiger charge is 2.30. The van der Waals surface area contributed by atoms with Crippen LogP contribution in [0.25, 0.3) is 0 Å². The molecule has 0 spiro atoms. The van der Waals surface area contributed by atoms with E-state index < -0.39 is 15.9 Å². The van der Waals surface area contributed by atoms with Gasteiger partial charge in [0.2, 0.25) is 10.0 Å². The number of anilines is 1. The Kier molecular flexibility index (Phi) is 6.49. The van der Waals surface area contributed by atoms with E-state index >= 15 is 0 Å². The summed E-state index contributed by atoms with van der Waals surface area (Å²) in [4.78, 5) is 13.9. The zero-order chi connectivity index (χ0) is 21.7. The molecule has 0 unspecified atom stereocenters. The van der Waals surface area contributed by atoms with Gasteiger partial charge in [-0.1, -0.05) is 36.1 Å². The number of hydrogen-bond donors (Lipinski definition) is 1. The van der Waals surface area contributed by atoms with Gasteiger partial charge in [0.15, 0.2) is 0 Å². The fourth-order valence-corrected chi connectivity index (χ4v) is 5.33. The van der Waals surface area contributed by atoms with Crippen molar-refractivity contribution in [2.45, 2.75) is 4.90 Å². The number of rotatable bonds is 4. The quantitative estimate of drug-likeness (QED) is 0.616. The van der Waals surface area contributed by atoms with Crippen LogP contribution in [-0.4, -0.2) is 44.9 Å². The first-order valence-corrected chi connectivity index (χ1v) is 12.0. The Bertz CT molecular complexity index is 1240. The summed E-state index contributed by atoms with van der Waals surface area (Å²) in [5.41, 5.74) is 1.39. The molecule has 0 atom stereocenters. The van der Waals surface area contributed by atoms with Crippen molar-refractivity contribution in [3.8, 4) is 11.8 Å². The maximum absolute atomic E-state index is 13.1. The summed E-state index contributed by atoms with van der Waals surface area (Å²) >= 11 is 1.56. The zero-order valence-electron chi connectivity index (χ0n) is 16.6. The molecule has 1 aliphatic heterocycles. The van der Waals surface area contributed by atoms with Crippen molar-refractivity contribution in [3.05, 3.63) is 82.0 Å². The Morgan fingerprint density at radius 2 is 1.81 bits per heavy atom. The van der Waals surface area contributed by atoms with Crippen LogP contribution in [0.4, 0.5) is 5.69 Å². The molecule has 0 radical (unpaired) electrons. The highest BCUT2D eigenvalue weighted by molar-refractivity contribution is 7.89. The van der Waals surface area contributed by atoms with Crippen molar-refractivity contribution in [1.82, 2.24) is 4.31 Å². The van der Waals surface area contributed by atoms with Gasteiger partial charge in [0.05, 0.1) is 28.5 Å². The molecule has 1 aromatic heterocycles. The summed E-state index contributed by atoms with van der Waals surface area (Å²) in [7, 11) is -3.80. The Balaban J connectivity index is 1.57. The lowest BCUT2D eigenvalue weighted by Crippen LogP contribution is -2.41. The van der Waals surface area contributed by atoms with Crippen molar-refractivity contribution in [3.63, 3.8) is 0 Å². The summed E-state index contributed by atoms with van der Waals surface area (Å²) in [6.07, 6.45) is 0. The second-order valence-electron chi connectivity index (χ2n) is 6.77. The van der Waals surface area contributed by atoms with E-state index in [1.807, 2.05) is 23.6 Å². The smallest absolute Gasteiger partial charge is 0.257 e. The van der Waals surface area contributed by atoms with E-state index in [0.717, 1.165) is 10.4 Å². The van der Waals surface area contributed by atoms with Gasteiger partial charge in [0.25, 0.3) is 5.91 Å². The molecular weight excluding hydrogens is 432 g/mol. The highest BCUT2D eigenvalue weighted by Crippen LogP contribution is 2.22. The molecule has 158 valence electrons. The summed E-state index contributed by atoms with van der Waals surface area (Å²) < 4.78 is 32.8. The minimum atomic E-state index is -3.80. The number of thiophene rings is 1. The number of ether oxygens (including phenoxy) is 1. The molecule has 0 bridgehead atoms. The summed E-state index contributed by atoms with van der Waals surface area (Å²) in [6.45, 7) is 1.21. The first-order chi connectivity index (χ1) is 15.0. The van der Waals surface area contributed by atoms with Crippen LogP contribution in [0.3, 0.4) is 0 Å². The highest BCUT2D eigenvalue weighted by atomic mass is 32.2. The first-order valence-electron chi connectivity index (χ1n) is 9.68. The van der Waals surface area contributed by atoms with Gasteiger partial charge in [-0.25, -0.2) is 8.42 Å². The summed E-state index contributed by atoms with van der Waals surface area (Å²) in [5.74, 6) is 5.66. The molecule has 31 heavy (non-hydrogen) atoms. The molecule has 0 saturated carbocycles. The Morgan fingerprint density at radius 3 is 2.58 bits per heavy atom. The molecule has 2 heterocycles. The number of benzene rings is 2. The van der Waals surface area contributed by atoms with Crippen LogP contribution in [0.5, 0.6) is 0 Å². The number of hydrogen-bond acceptors (Lipinski definition) is 5. The molecule has 6 nitrogen and oxygen atoms in total. The second kappa shape index (κ2) is 9.45. The molecule has 1 amide bonds. The number of morpholine rings is 1. The van der Waals surface area contributed by atoms with E-state index in [4.69, 9.17) is 4.74 Å². The molecule has 0 aliphatic carbocycles. The fraction of sp³-hybridized carbons (Fsp3) is 0.174. The monoisotopic (exact) mass is 452 g/mol. The number of carbonyl (C=O) groups is 1. The number of nitrogens with zero attached hydrogens (tertiary/aromatic N) is 1. The fourth-order valence-electron chi connectivity index (χ4n) is 3.16. The molecule has 4 rings (SSSR count). The van der Waals surface area contributed by atoms with E-state index in [1.54, 1.807) is 41.7 Å². The predicted octanol–water partition coefficient (Wildman–Crippen LogP) is 3.42. The maximum atomic E-state index is 13.1. The minimum Gasteiger partial charge on any atom is -0.379 e. The lowest BCUT2D eigenvalue weighted by molar-refractivity contribution is 0.0730. The molecule has 1 N–H and O–H groups in total. The molecule has 1 aliphatic rings. The molecule has 3 aromatic rings. The molecule has 1 saturated heterocycles. The third kappa shape index (κ3) is 5.03. The predicted molar refractivity (Wildman–Crippen MR) is 121 cm³/mol. The molecular formula is C23H20N2O4S2. The molecule has 1 fully saturated rings. The average molecular weight is 453 g/mol. The van der Waals surface area contributed by atoms with Gasteiger partial charge < -0.3 is 10.1 Å². The van der Waals surface area contributed by atoms with Crippen LogP contribution in [0, 0.1) is 11.8 Å². The van der Waals surface area contributed by atoms with Crippen LogP contribution < -0.4 is 5.32 Å². The normalized spacial score (nSPS) is 14.5. The van der Waals surface area contributed by atoms with Crippen molar-refractivity contribution >= 4 is 33.0 Å². The van der Waals surface area contributed by atoms with Gasteiger partial charge in [0.1, 0.15) is 0 Å². The maximum Gasteiger partial charge on any atom is 0.257 e. The summed E-state index contributed by atoms with van der Waals surface area (Å²) in [5, 5.41) is 4.76. The van der Waals surface area contributed by atoms with E-state index in [1.165, 1.54) is 16.4 Å². The van der Waals surface area contributed by atoms with Gasteiger partial charge in [-0.15, -0.1) is 11.3 Å². The summed E-state index contributed by atoms with van der Waals surface area (Å²) in [6, 6.07) is 17.3. The lowest BCUT2D eigenvalue weighted by Gasteiger charge is -2.26. The Labute approximate surface area is 185 Å². The van der Waals surface area contributed by atoms with Crippen LogP contribution in [0.15, 0.2) is 70.9 Å². The van der Waals surface area contributed by atoms with Crippen LogP contribution in [-0.2, 0) is 14.8 Å². The van der Waals surface area contributed by atoms with Crippen molar-refractivity contribution in [2.24, 2.45) is 0 Å². The van der Waals surface area contributed by atoms with E-state index in [2.05, 4.69) is 17.2 Å². The standard InChI is InChI=1S/C23H20N2O4S2/c26-23(24-19-6-3-5-18(17-19)10-11-20-7-4-16-30-20)21-8-1-2-9-22(21)31(27,28)25-12-14-29-15-13-25/h1-9,16-17H,12-15H2,(H,24,26). The molecule has 2 aromatic carbocycles. The average Bonchev–Trinajstić information content (AvgIpc) is 3.32. The number of carbonyl (C=O) groups excluding carboxylic acids is 1. The SMILES string of the molecule is O=C(Nc1cccc(C#Cc2cccs2)c1)c1ccccc1S(=O)(=O)N1CCOCC1. The number of nitrogens with one attached hydrogen (secondary N) is 1. The Hall–Kier alpha value is -2.96. The van der Waals surface area contributed by atoms with Crippen molar-refractivity contribution in [1.29, 1.82) is 0 Å². The first kappa shape index (κ1) is 21.3. The van der Waals surface area contributed by atoms with Crippen LogP contribution in [0.2, 0.25) is 0 Å². The third-order valence-electron chi connectivity index (χ3n) is 4.69. The van der Waals surface area contributed by atoms with E-state index in [-0.39, 0.29) is 23.5 Å². The van der Waals surface area contributed by atoms with Crippen LogP contribution >= 0.6 is 11.3 Å². The number of amides is 1. The van der Waals surface area contributed by atoms with Crippen molar-refractivity contribution in [2.75, 3.05) is 31.6 Å². The van der Waals surface area contributed by atoms with E-state index in [9.17, 15) is 13.2 Å². The number of sulfonamides is 1. The lowest BCUT2D eigenvalue weighted by atomic mass is 10.1. The third-order valence-corrected chi connectivity index (χ3v) is 7.43. The van der Waals surface area contributed by atoms with Crippen LogP contribution in [0.1, 0.15) is 20.8 Å². The zero-order valence-corrected chi connectivity index (χ0v) is 18.2. The second-order valence-corrected chi connectivity index (χ2v) is 9.63. The molecule has 8 heteroatoms. The van der Waals surface area contributed by atoms with Gasteiger partial charge in [-0.2, -0.15) is 4.31 Å². The minimum absolute atomic E-state index is 0.0111. The topological polar surface area (TPSA) is 75.7 Å². The van der Waals surface area contributed by atoms with Gasteiger partial charge in [-0.05, 0) is 41.8 Å². The van der Waals surface area contributed by atoms with Gasteiger partial charge in [-0.3, -0.25) is 4.79 Å². The van der Waals surface area contributed by atoms with Crippen molar-refractivity contribution < 1.29 is 17.9 Å². The van der Waals surface area contributed by atoms with Gasteiger partial charge in [0, 0.05) is 24.3 Å².